The first-order valence-corrected chi connectivity index (χ1v) is 38.9. The molecule has 3 rings (SSSR count). The molecule has 3 aliphatic rings. The van der Waals surface area contributed by atoms with Gasteiger partial charge in [0.1, 0.15) is 73.2 Å². The Morgan fingerprint density at radius 3 is 1.00 bits per heavy atom. The number of aliphatic hydroxyl groups is 11. The maximum absolute atomic E-state index is 13.4. The van der Waals surface area contributed by atoms with Crippen molar-refractivity contribution in [2.24, 2.45) is 0 Å². The molecule has 3 fully saturated rings. The molecule has 0 aromatic heterocycles. The van der Waals surface area contributed by atoms with E-state index in [1.54, 1.807) is 6.08 Å². The molecule has 0 radical (unpaired) electrons. The van der Waals surface area contributed by atoms with Crippen molar-refractivity contribution >= 4 is 5.91 Å². The zero-order chi connectivity index (χ0) is 68.2. The smallest absolute Gasteiger partial charge is 0.220 e. The van der Waals surface area contributed by atoms with Gasteiger partial charge in [0.2, 0.25) is 5.91 Å². The molecule has 17 atom stereocenters. The number of rotatable bonds is 62. The highest BCUT2D eigenvalue weighted by Gasteiger charge is 2.53. The number of hydrogen-bond acceptors (Lipinski definition) is 18. The van der Waals surface area contributed by atoms with Crippen molar-refractivity contribution < 1.29 is 89.4 Å². The molecule has 17 unspecified atom stereocenters. The number of allylic oxidation sites excluding steroid dienone is 1. The summed E-state index contributed by atoms with van der Waals surface area (Å²) in [6.07, 6.45) is 39.1. The Bertz CT molecular complexity index is 1750. The fraction of sp³-hybridized carbons (Fsp3) is 0.960. The van der Waals surface area contributed by atoms with Gasteiger partial charge < -0.3 is 89.9 Å². The number of amides is 1. The van der Waals surface area contributed by atoms with Crippen LogP contribution in [0.15, 0.2) is 12.2 Å². The maximum atomic E-state index is 13.4. The SMILES string of the molecule is CCCCCCCCCCCCCCCCCCCCCCCCCCCCC/C=C/C(O)C(COC1OC(CO)C(OC2OC(CO)C(OC3OC(CO)C(O)C(O)C3O)C(O)C2O)C(O)C1O)NC(=O)CCCCCCCCCCCCCCCCCCCCCC. The Morgan fingerprint density at radius 1 is 0.372 bits per heavy atom. The van der Waals surface area contributed by atoms with E-state index >= 15 is 0 Å². The summed E-state index contributed by atoms with van der Waals surface area (Å²) < 4.78 is 34.4. The molecular weight excluding hydrogens is 1200 g/mol. The minimum absolute atomic E-state index is 0.250. The van der Waals surface area contributed by atoms with Gasteiger partial charge in [-0.25, -0.2) is 0 Å². The van der Waals surface area contributed by atoms with Crippen LogP contribution in [0.1, 0.15) is 328 Å². The quantitative estimate of drug-likeness (QED) is 0.0199. The number of unbranched alkanes of at least 4 members (excludes halogenated alkanes) is 46. The van der Waals surface area contributed by atoms with Crippen LogP contribution in [-0.2, 0) is 33.2 Å². The highest BCUT2D eigenvalue weighted by Crippen LogP contribution is 2.33. The minimum Gasteiger partial charge on any atom is -0.394 e. The van der Waals surface area contributed by atoms with E-state index in [1.165, 1.54) is 257 Å². The molecule has 19 heteroatoms. The van der Waals surface area contributed by atoms with Crippen molar-refractivity contribution in [3.63, 3.8) is 0 Å². The zero-order valence-corrected chi connectivity index (χ0v) is 59.2. The normalized spacial score (nSPS) is 27.4. The second-order valence-corrected chi connectivity index (χ2v) is 28.2. The predicted octanol–water partition coefficient (Wildman–Crippen LogP) is 12.0. The number of hydrogen-bond donors (Lipinski definition) is 12. The van der Waals surface area contributed by atoms with Crippen LogP contribution in [-0.4, -0.2) is 193 Å². The summed E-state index contributed by atoms with van der Waals surface area (Å²) in [5.41, 5.74) is 0. The van der Waals surface area contributed by atoms with E-state index in [1.807, 2.05) is 6.08 Å². The standard InChI is InChI=1S/C75H143NO18/c1-3-5-7-9-11-13-15-17-19-21-23-25-26-27-28-29-30-31-32-33-34-36-38-40-42-44-46-48-50-52-59(80)58(76-63(81)53-51-49-47-45-43-41-39-37-35-24-22-20-18-16-14-12-10-8-6-4-2)57-89-73-69(87)66(84)71(61(55-78)91-73)94-75-70(88)67(85)72(62(56-79)92-75)93-74-68(86)65(83)64(82)60(54-77)90-74/h50,52,58-62,64-75,77-80,82-88H,3-49,51,53-57H2,1-2H3,(H,76,81)/b52-50+. The second-order valence-electron chi connectivity index (χ2n) is 28.2. The fourth-order valence-corrected chi connectivity index (χ4v) is 13.5. The van der Waals surface area contributed by atoms with Gasteiger partial charge in [-0.3, -0.25) is 4.79 Å². The van der Waals surface area contributed by atoms with Crippen molar-refractivity contribution in [2.75, 3.05) is 26.4 Å². The molecule has 556 valence electrons. The van der Waals surface area contributed by atoms with Crippen molar-refractivity contribution in [1.29, 1.82) is 0 Å². The van der Waals surface area contributed by atoms with Gasteiger partial charge in [0.25, 0.3) is 0 Å². The number of carbonyl (C=O) groups is 1. The molecule has 3 aliphatic heterocycles. The summed E-state index contributed by atoms with van der Waals surface area (Å²) in [6, 6.07) is -0.969. The average Bonchev–Trinajstić information content (AvgIpc) is 0.787. The molecular formula is C75H143NO18. The van der Waals surface area contributed by atoms with Crippen LogP contribution < -0.4 is 5.32 Å². The lowest BCUT2D eigenvalue weighted by Gasteiger charge is -2.48. The zero-order valence-electron chi connectivity index (χ0n) is 59.2. The molecule has 0 aliphatic carbocycles. The van der Waals surface area contributed by atoms with Crippen molar-refractivity contribution in [3.8, 4) is 0 Å². The largest absolute Gasteiger partial charge is 0.394 e. The van der Waals surface area contributed by atoms with Crippen LogP contribution in [0.25, 0.3) is 0 Å². The fourth-order valence-electron chi connectivity index (χ4n) is 13.5. The van der Waals surface area contributed by atoms with Crippen LogP contribution in [0.4, 0.5) is 0 Å². The van der Waals surface area contributed by atoms with Crippen LogP contribution in [0.3, 0.4) is 0 Å². The van der Waals surface area contributed by atoms with E-state index in [0.717, 1.165) is 44.9 Å². The van der Waals surface area contributed by atoms with Gasteiger partial charge in [0.05, 0.1) is 38.6 Å². The molecule has 3 heterocycles. The van der Waals surface area contributed by atoms with Crippen molar-refractivity contribution in [2.45, 2.75) is 433 Å². The molecule has 94 heavy (non-hydrogen) atoms. The van der Waals surface area contributed by atoms with Gasteiger partial charge in [0.15, 0.2) is 18.9 Å². The highest BCUT2D eigenvalue weighted by atomic mass is 16.8. The lowest BCUT2D eigenvalue weighted by molar-refractivity contribution is -0.379. The average molecular weight is 1350 g/mol. The van der Waals surface area contributed by atoms with E-state index in [0.29, 0.717) is 6.42 Å². The number of ether oxygens (including phenoxy) is 6. The summed E-state index contributed by atoms with van der Waals surface area (Å²) in [4.78, 5) is 13.4. The topological polar surface area (TPSA) is 307 Å². The summed E-state index contributed by atoms with van der Waals surface area (Å²) in [6.45, 7) is 1.80. The summed E-state index contributed by atoms with van der Waals surface area (Å²) in [5, 5.41) is 121. The monoisotopic (exact) mass is 1350 g/mol. The predicted molar refractivity (Wildman–Crippen MR) is 370 cm³/mol. The first-order valence-electron chi connectivity index (χ1n) is 38.9. The third-order valence-electron chi connectivity index (χ3n) is 19.8. The van der Waals surface area contributed by atoms with Gasteiger partial charge >= 0.3 is 0 Å². The van der Waals surface area contributed by atoms with E-state index in [4.69, 9.17) is 28.4 Å². The van der Waals surface area contributed by atoms with Gasteiger partial charge in [-0.15, -0.1) is 0 Å². The summed E-state index contributed by atoms with van der Waals surface area (Å²) >= 11 is 0. The molecule has 12 N–H and O–H groups in total. The van der Waals surface area contributed by atoms with Crippen LogP contribution >= 0.6 is 0 Å². The molecule has 0 aromatic rings. The van der Waals surface area contributed by atoms with Crippen LogP contribution in [0, 0.1) is 0 Å². The minimum atomic E-state index is -1.98. The molecule has 1 amide bonds. The molecule has 0 spiro atoms. The Labute approximate surface area is 569 Å². The van der Waals surface area contributed by atoms with E-state index in [-0.39, 0.29) is 18.9 Å². The van der Waals surface area contributed by atoms with Gasteiger partial charge in [-0.1, -0.05) is 315 Å². The Balaban J connectivity index is 1.39. The lowest BCUT2D eigenvalue weighted by atomic mass is 9.96. The van der Waals surface area contributed by atoms with E-state index in [2.05, 4.69) is 19.2 Å². The van der Waals surface area contributed by atoms with Gasteiger partial charge in [-0.05, 0) is 19.3 Å². The first kappa shape index (κ1) is 86.8. The molecule has 0 aromatic carbocycles. The van der Waals surface area contributed by atoms with Gasteiger partial charge in [0, 0.05) is 6.42 Å². The van der Waals surface area contributed by atoms with Crippen molar-refractivity contribution in [3.05, 3.63) is 12.2 Å². The van der Waals surface area contributed by atoms with E-state index in [9.17, 15) is 61.0 Å². The third-order valence-corrected chi connectivity index (χ3v) is 19.8. The van der Waals surface area contributed by atoms with E-state index < -0.39 is 124 Å². The third kappa shape index (κ3) is 37.8. The molecule has 3 saturated heterocycles. The summed E-state index contributed by atoms with van der Waals surface area (Å²) in [7, 11) is 0. The lowest BCUT2D eigenvalue weighted by Crippen LogP contribution is -2.66. The Morgan fingerprint density at radius 2 is 0.660 bits per heavy atom. The Hall–Kier alpha value is -1.47. The maximum Gasteiger partial charge on any atom is 0.220 e. The number of nitrogens with one attached hydrogen (secondary N) is 1. The first-order chi connectivity index (χ1) is 45.8. The van der Waals surface area contributed by atoms with Crippen molar-refractivity contribution in [1.82, 2.24) is 5.32 Å². The molecule has 0 bridgehead atoms. The van der Waals surface area contributed by atoms with Crippen LogP contribution in [0.5, 0.6) is 0 Å². The molecule has 0 saturated carbocycles. The highest BCUT2D eigenvalue weighted by molar-refractivity contribution is 5.76. The second kappa shape index (κ2) is 57.2. The number of carbonyl (C=O) groups excluding carboxylic acids is 1. The Kier molecular flexibility index (Phi) is 52.8. The number of aliphatic hydroxyl groups excluding tert-OH is 11. The molecule has 19 nitrogen and oxygen atoms in total. The van der Waals surface area contributed by atoms with Gasteiger partial charge in [-0.2, -0.15) is 0 Å². The van der Waals surface area contributed by atoms with Crippen LogP contribution in [0.2, 0.25) is 0 Å². The summed E-state index contributed by atoms with van der Waals surface area (Å²) in [5.74, 6) is -0.267.